The minimum absolute atomic E-state index is 0.331. The van der Waals surface area contributed by atoms with Crippen LogP contribution in [0.4, 0.5) is 0 Å². The zero-order chi connectivity index (χ0) is 6.24. The first-order valence-corrected chi connectivity index (χ1v) is 3.68. The van der Waals surface area contributed by atoms with Crippen LogP contribution in [0.2, 0.25) is 0 Å². The average molecular weight is 133 g/mol. The molecule has 0 aliphatic rings. The van der Waals surface area contributed by atoms with Crippen molar-refractivity contribution in [3.05, 3.63) is 0 Å². The summed E-state index contributed by atoms with van der Waals surface area (Å²) >= 11 is 4.74. The van der Waals surface area contributed by atoms with E-state index >= 15 is 0 Å². The van der Waals surface area contributed by atoms with Gasteiger partial charge in [-0.05, 0) is 12.8 Å². The van der Waals surface area contributed by atoms with E-state index in [4.69, 9.17) is 17.7 Å². The van der Waals surface area contributed by atoms with Gasteiger partial charge in [-0.1, -0.05) is 25.5 Å². The molecule has 0 rings (SSSR count). The quantitative estimate of drug-likeness (QED) is 0.566. The first-order valence-electron chi connectivity index (χ1n) is 3.10. The summed E-state index contributed by atoms with van der Waals surface area (Å²) < 4.78 is 0. The summed E-state index contributed by atoms with van der Waals surface area (Å²) in [7, 11) is 0. The van der Waals surface area contributed by atoms with Gasteiger partial charge in [0, 0.05) is 12.4 Å². The van der Waals surface area contributed by atoms with Gasteiger partial charge in [0.1, 0.15) is 0 Å². The first-order chi connectivity index (χ1) is 3.91. The zero-order valence-electron chi connectivity index (χ0n) is 5.10. The van der Waals surface area contributed by atoms with Crippen molar-refractivity contribution in [3.8, 4) is 0 Å². The molecule has 8 heavy (non-hydrogen) atoms. The van der Waals surface area contributed by atoms with Crippen molar-refractivity contribution in [2.75, 3.05) is 12.4 Å². The Morgan fingerprint density at radius 3 is 2.12 bits per heavy atom. The molecule has 0 atom stereocenters. The van der Waals surface area contributed by atoms with Crippen molar-refractivity contribution in [2.24, 2.45) is 0 Å². The fraction of sp³-hybridized carbons (Fsp3) is 1.00. The lowest BCUT2D eigenvalue weighted by molar-refractivity contribution is 0.283. The van der Waals surface area contributed by atoms with E-state index in [1.807, 2.05) is 0 Å². The molecule has 0 aromatic carbocycles. The summed E-state index contributed by atoms with van der Waals surface area (Å²) in [5.74, 6) is 0.866. The third kappa shape index (κ3) is 6.31. The molecule has 0 aliphatic heterocycles. The molecule has 0 saturated carbocycles. The summed E-state index contributed by atoms with van der Waals surface area (Å²) in [6.45, 7) is 0.331. The number of aliphatic hydroxyl groups excluding tert-OH is 1. The van der Waals surface area contributed by atoms with Gasteiger partial charge in [-0.15, -0.1) is 0 Å². The molecule has 0 aromatic rings. The van der Waals surface area contributed by atoms with E-state index in [-0.39, 0.29) is 0 Å². The SMILES string of the molecule is OCCCCCC[S]. The molecule has 0 fully saturated rings. The Balaban J connectivity index is 2.53. The number of hydrogen-bond acceptors (Lipinski definition) is 1. The number of hydrogen-bond donors (Lipinski definition) is 1. The summed E-state index contributed by atoms with van der Waals surface area (Å²) in [5.41, 5.74) is 0. The molecular formula is C6H13OS. The third-order valence-electron chi connectivity index (χ3n) is 1.05. The Bertz CT molecular complexity index is 33.5. The molecule has 0 aliphatic carbocycles. The van der Waals surface area contributed by atoms with Crippen molar-refractivity contribution in [1.82, 2.24) is 0 Å². The van der Waals surface area contributed by atoms with Gasteiger partial charge in [-0.3, -0.25) is 0 Å². The van der Waals surface area contributed by atoms with Crippen LogP contribution in [0.5, 0.6) is 0 Å². The molecule has 2 heteroatoms. The van der Waals surface area contributed by atoms with Crippen LogP contribution in [0.3, 0.4) is 0 Å². The first kappa shape index (κ1) is 8.31. The van der Waals surface area contributed by atoms with Gasteiger partial charge >= 0.3 is 0 Å². The monoisotopic (exact) mass is 133 g/mol. The Morgan fingerprint density at radius 1 is 1.00 bits per heavy atom. The molecule has 0 bridgehead atoms. The smallest absolute Gasteiger partial charge is 0.0431 e. The number of unbranched alkanes of at least 4 members (excludes halogenated alkanes) is 3. The fourth-order valence-electron chi connectivity index (χ4n) is 0.567. The maximum atomic E-state index is 8.34. The van der Waals surface area contributed by atoms with Gasteiger partial charge in [-0.2, -0.15) is 0 Å². The molecule has 0 unspecified atom stereocenters. The molecule has 0 aromatic heterocycles. The topological polar surface area (TPSA) is 20.2 Å². The van der Waals surface area contributed by atoms with Crippen molar-refractivity contribution in [2.45, 2.75) is 25.7 Å². The van der Waals surface area contributed by atoms with Crippen LogP contribution in [-0.4, -0.2) is 17.5 Å². The van der Waals surface area contributed by atoms with Crippen molar-refractivity contribution in [3.63, 3.8) is 0 Å². The van der Waals surface area contributed by atoms with Crippen molar-refractivity contribution in [1.29, 1.82) is 0 Å². The van der Waals surface area contributed by atoms with E-state index in [0.29, 0.717) is 6.61 Å². The second-order valence-corrected chi connectivity index (χ2v) is 2.25. The maximum absolute atomic E-state index is 8.34. The van der Waals surface area contributed by atoms with Gasteiger partial charge in [0.05, 0.1) is 0 Å². The molecule has 0 heterocycles. The van der Waals surface area contributed by atoms with Crippen LogP contribution in [0.25, 0.3) is 0 Å². The standard InChI is InChI=1S/C6H13OS/c7-5-3-1-2-4-6-8/h7H,1-6H2. The van der Waals surface area contributed by atoms with E-state index < -0.39 is 0 Å². The van der Waals surface area contributed by atoms with E-state index in [1.54, 1.807) is 0 Å². The molecule has 0 saturated heterocycles. The highest BCUT2D eigenvalue weighted by Gasteiger charge is 1.84. The molecular weight excluding hydrogens is 120 g/mol. The van der Waals surface area contributed by atoms with Crippen LogP contribution in [-0.2, 0) is 0 Å². The summed E-state index contributed by atoms with van der Waals surface area (Å²) in [5, 5.41) is 8.34. The van der Waals surface area contributed by atoms with Gasteiger partial charge < -0.3 is 5.11 Å². The third-order valence-corrected chi connectivity index (χ3v) is 1.34. The number of aliphatic hydroxyl groups is 1. The van der Waals surface area contributed by atoms with Crippen LogP contribution in [0.1, 0.15) is 25.7 Å². The molecule has 1 nitrogen and oxygen atoms in total. The predicted molar refractivity (Wildman–Crippen MR) is 38.0 cm³/mol. The van der Waals surface area contributed by atoms with Crippen LogP contribution < -0.4 is 0 Å². The highest BCUT2D eigenvalue weighted by atomic mass is 32.1. The van der Waals surface area contributed by atoms with Crippen molar-refractivity contribution >= 4 is 12.6 Å². The van der Waals surface area contributed by atoms with Gasteiger partial charge in [0.25, 0.3) is 0 Å². The Morgan fingerprint density at radius 2 is 1.62 bits per heavy atom. The Labute approximate surface area is 56.5 Å². The largest absolute Gasteiger partial charge is 0.396 e. The normalized spacial score (nSPS) is 9.75. The van der Waals surface area contributed by atoms with E-state index in [0.717, 1.165) is 25.0 Å². The molecule has 0 amide bonds. The highest BCUT2D eigenvalue weighted by Crippen LogP contribution is 1.98. The lowest BCUT2D eigenvalue weighted by Crippen LogP contribution is -1.83. The predicted octanol–water partition coefficient (Wildman–Crippen LogP) is 1.74. The van der Waals surface area contributed by atoms with Gasteiger partial charge in [-0.25, -0.2) is 0 Å². The summed E-state index contributed by atoms with van der Waals surface area (Å²) in [4.78, 5) is 0. The van der Waals surface area contributed by atoms with Crippen LogP contribution >= 0.6 is 12.6 Å². The van der Waals surface area contributed by atoms with Gasteiger partial charge in [0.2, 0.25) is 0 Å². The van der Waals surface area contributed by atoms with Crippen LogP contribution in [0, 0.1) is 0 Å². The lowest BCUT2D eigenvalue weighted by Gasteiger charge is -1.92. The minimum Gasteiger partial charge on any atom is -0.396 e. The van der Waals surface area contributed by atoms with Crippen LogP contribution in [0.15, 0.2) is 0 Å². The van der Waals surface area contributed by atoms with E-state index in [9.17, 15) is 0 Å². The van der Waals surface area contributed by atoms with Crippen molar-refractivity contribution < 1.29 is 5.11 Å². The summed E-state index contributed by atoms with van der Waals surface area (Å²) in [6.07, 6.45) is 4.39. The minimum atomic E-state index is 0.331. The van der Waals surface area contributed by atoms with E-state index in [2.05, 4.69) is 0 Å². The lowest BCUT2D eigenvalue weighted by atomic mass is 10.2. The Hall–Kier alpha value is 0.310. The summed E-state index contributed by atoms with van der Waals surface area (Å²) in [6, 6.07) is 0. The second kappa shape index (κ2) is 7.31. The molecule has 1 radical (unpaired) electrons. The zero-order valence-corrected chi connectivity index (χ0v) is 5.91. The second-order valence-electron chi connectivity index (χ2n) is 1.84. The molecule has 49 valence electrons. The van der Waals surface area contributed by atoms with Gasteiger partial charge in [0.15, 0.2) is 0 Å². The number of rotatable bonds is 5. The highest BCUT2D eigenvalue weighted by molar-refractivity contribution is 7.80. The fourth-order valence-corrected chi connectivity index (χ4v) is 0.772. The maximum Gasteiger partial charge on any atom is 0.0431 e. The Kier molecular flexibility index (Phi) is 7.59. The average Bonchev–Trinajstić information content (AvgIpc) is 1.81. The molecule has 1 N–H and O–H groups in total. The van der Waals surface area contributed by atoms with E-state index in [1.165, 1.54) is 6.42 Å². The molecule has 0 spiro atoms.